The minimum Gasteiger partial charge on any atom is -0.371 e. The fourth-order valence-electron chi connectivity index (χ4n) is 3.17. The van der Waals surface area contributed by atoms with Gasteiger partial charge in [-0.25, -0.2) is 0 Å². The average Bonchev–Trinajstić information content (AvgIpc) is 2.63. The first-order chi connectivity index (χ1) is 9.41. The van der Waals surface area contributed by atoms with Crippen molar-refractivity contribution in [3.8, 4) is 0 Å². The summed E-state index contributed by atoms with van der Waals surface area (Å²) in [4.78, 5) is 2.58. The van der Waals surface area contributed by atoms with E-state index in [2.05, 4.69) is 75.7 Å². The van der Waals surface area contributed by atoms with Crippen molar-refractivity contribution in [2.45, 2.75) is 45.4 Å². The lowest BCUT2D eigenvalue weighted by molar-refractivity contribution is 0.220. The zero-order valence-corrected chi connectivity index (χ0v) is 15.9. The quantitative estimate of drug-likeness (QED) is 0.548. The molecule has 1 unspecified atom stereocenters. The highest BCUT2D eigenvalue weighted by molar-refractivity contribution is 9.10. The molecule has 1 nitrogen and oxygen atoms in total. The molecule has 1 atom stereocenters. The summed E-state index contributed by atoms with van der Waals surface area (Å²) in [5, 5.41) is 0.918. The Morgan fingerprint density at radius 3 is 2.60 bits per heavy atom. The van der Waals surface area contributed by atoms with E-state index in [4.69, 9.17) is 0 Å². The van der Waals surface area contributed by atoms with Crippen LogP contribution < -0.4 is 4.90 Å². The number of anilines is 1. The van der Waals surface area contributed by atoms with Gasteiger partial charge in [-0.2, -0.15) is 0 Å². The monoisotopic (exact) mass is 401 g/mol. The van der Waals surface area contributed by atoms with Crippen molar-refractivity contribution in [2.75, 3.05) is 18.0 Å². The van der Waals surface area contributed by atoms with Gasteiger partial charge in [0.2, 0.25) is 0 Å². The Labute approximate surface area is 140 Å². The molecule has 0 spiro atoms. The third-order valence-corrected chi connectivity index (χ3v) is 5.58. The number of alkyl halides is 1. The number of hydrogen-bond donors (Lipinski definition) is 0. The molecular formula is C17H25Br2N. The summed E-state index contributed by atoms with van der Waals surface area (Å²) in [6.07, 6.45) is 3.97. The molecule has 1 fully saturated rings. The van der Waals surface area contributed by atoms with Crippen molar-refractivity contribution in [3.63, 3.8) is 0 Å². The van der Waals surface area contributed by atoms with E-state index in [1.807, 2.05) is 0 Å². The van der Waals surface area contributed by atoms with Crippen molar-refractivity contribution in [3.05, 3.63) is 28.2 Å². The van der Waals surface area contributed by atoms with Gasteiger partial charge >= 0.3 is 0 Å². The van der Waals surface area contributed by atoms with E-state index < -0.39 is 0 Å². The van der Waals surface area contributed by atoms with E-state index in [0.717, 1.165) is 15.7 Å². The fraction of sp³-hybridized carbons (Fsp3) is 0.647. The normalized spacial score (nSPS) is 20.9. The van der Waals surface area contributed by atoms with Crippen LogP contribution in [0.1, 0.15) is 45.6 Å². The van der Waals surface area contributed by atoms with E-state index in [-0.39, 0.29) is 0 Å². The van der Waals surface area contributed by atoms with E-state index in [0.29, 0.717) is 5.41 Å². The van der Waals surface area contributed by atoms with Gasteiger partial charge in [0.15, 0.2) is 0 Å². The maximum atomic E-state index is 3.62. The first-order valence-electron chi connectivity index (χ1n) is 7.51. The SMILES string of the molecule is CC(C)(C)C1CCCN(c2ccc(Br)cc2CBr)CC1. The number of halogens is 2. The lowest BCUT2D eigenvalue weighted by Crippen LogP contribution is -2.26. The minimum atomic E-state index is 0.438. The van der Waals surface area contributed by atoms with Gasteiger partial charge in [0, 0.05) is 28.6 Å². The Morgan fingerprint density at radius 1 is 1.20 bits per heavy atom. The van der Waals surface area contributed by atoms with Crippen molar-refractivity contribution < 1.29 is 0 Å². The summed E-state index contributed by atoms with van der Waals surface area (Å²) in [6, 6.07) is 6.65. The molecule has 0 aliphatic carbocycles. The zero-order chi connectivity index (χ0) is 14.8. The van der Waals surface area contributed by atoms with Gasteiger partial charge in [-0.15, -0.1) is 0 Å². The molecule has 0 saturated carbocycles. The summed E-state index contributed by atoms with van der Waals surface area (Å²) >= 11 is 7.20. The summed E-state index contributed by atoms with van der Waals surface area (Å²) in [5.41, 5.74) is 3.22. The van der Waals surface area contributed by atoms with Gasteiger partial charge in [-0.3, -0.25) is 0 Å². The summed E-state index contributed by atoms with van der Waals surface area (Å²) < 4.78 is 1.16. The maximum absolute atomic E-state index is 3.62. The topological polar surface area (TPSA) is 3.24 Å². The first kappa shape index (κ1) is 16.4. The van der Waals surface area contributed by atoms with Gasteiger partial charge in [0.25, 0.3) is 0 Å². The minimum absolute atomic E-state index is 0.438. The van der Waals surface area contributed by atoms with Gasteiger partial charge in [-0.1, -0.05) is 52.6 Å². The summed E-state index contributed by atoms with van der Waals surface area (Å²) in [5.74, 6) is 0.843. The van der Waals surface area contributed by atoms with Crippen molar-refractivity contribution in [2.24, 2.45) is 11.3 Å². The van der Waals surface area contributed by atoms with Crippen molar-refractivity contribution in [1.82, 2.24) is 0 Å². The van der Waals surface area contributed by atoms with Crippen LogP contribution in [-0.2, 0) is 5.33 Å². The number of rotatable bonds is 2. The second-order valence-corrected chi connectivity index (χ2v) is 8.36. The molecule has 0 aromatic heterocycles. The first-order valence-corrected chi connectivity index (χ1v) is 9.42. The lowest BCUT2D eigenvalue weighted by atomic mass is 9.77. The number of nitrogens with zero attached hydrogens (tertiary/aromatic N) is 1. The van der Waals surface area contributed by atoms with Gasteiger partial charge in [-0.05, 0) is 54.4 Å². The highest BCUT2D eigenvalue weighted by Gasteiger charge is 2.27. The number of benzene rings is 1. The molecule has 0 N–H and O–H groups in total. The molecule has 112 valence electrons. The second kappa shape index (κ2) is 6.83. The molecule has 0 bridgehead atoms. The second-order valence-electron chi connectivity index (χ2n) is 6.89. The fourth-order valence-corrected chi connectivity index (χ4v) is 4.03. The molecule has 0 radical (unpaired) electrons. The van der Waals surface area contributed by atoms with Crippen LogP contribution in [0.5, 0.6) is 0 Å². The third kappa shape index (κ3) is 4.00. The zero-order valence-electron chi connectivity index (χ0n) is 12.8. The molecule has 1 saturated heterocycles. The smallest absolute Gasteiger partial charge is 0.0408 e. The molecular weight excluding hydrogens is 378 g/mol. The van der Waals surface area contributed by atoms with E-state index in [9.17, 15) is 0 Å². The summed E-state index contributed by atoms with van der Waals surface area (Å²) in [6.45, 7) is 9.53. The molecule has 3 heteroatoms. The Balaban J connectivity index is 2.15. The summed E-state index contributed by atoms with van der Waals surface area (Å²) in [7, 11) is 0. The van der Waals surface area contributed by atoms with Crippen LogP contribution in [0.3, 0.4) is 0 Å². The molecule has 0 amide bonds. The van der Waals surface area contributed by atoms with Crippen LogP contribution in [0.25, 0.3) is 0 Å². The Bertz CT molecular complexity index is 451. The maximum Gasteiger partial charge on any atom is 0.0408 e. The largest absolute Gasteiger partial charge is 0.371 e. The lowest BCUT2D eigenvalue weighted by Gasteiger charge is -2.30. The predicted molar refractivity (Wildman–Crippen MR) is 95.8 cm³/mol. The van der Waals surface area contributed by atoms with Crippen LogP contribution in [0.15, 0.2) is 22.7 Å². The van der Waals surface area contributed by atoms with Gasteiger partial charge in [0.1, 0.15) is 0 Å². The van der Waals surface area contributed by atoms with Crippen molar-refractivity contribution >= 4 is 37.5 Å². The molecule has 1 aromatic rings. The Morgan fingerprint density at radius 2 is 1.95 bits per heavy atom. The van der Waals surface area contributed by atoms with Crippen LogP contribution in [-0.4, -0.2) is 13.1 Å². The van der Waals surface area contributed by atoms with Crippen LogP contribution >= 0.6 is 31.9 Å². The highest BCUT2D eigenvalue weighted by Crippen LogP contribution is 2.36. The van der Waals surface area contributed by atoms with Crippen LogP contribution in [0, 0.1) is 11.3 Å². The van der Waals surface area contributed by atoms with Crippen LogP contribution in [0.4, 0.5) is 5.69 Å². The van der Waals surface area contributed by atoms with E-state index in [1.54, 1.807) is 0 Å². The van der Waals surface area contributed by atoms with E-state index in [1.165, 1.54) is 43.6 Å². The Kier molecular flexibility index (Phi) is 5.58. The molecule has 20 heavy (non-hydrogen) atoms. The molecule has 1 aliphatic heterocycles. The number of hydrogen-bond acceptors (Lipinski definition) is 1. The van der Waals surface area contributed by atoms with Gasteiger partial charge < -0.3 is 4.90 Å². The molecule has 1 heterocycles. The van der Waals surface area contributed by atoms with Gasteiger partial charge in [0.05, 0.1) is 0 Å². The van der Waals surface area contributed by atoms with Crippen LogP contribution in [0.2, 0.25) is 0 Å². The highest BCUT2D eigenvalue weighted by atomic mass is 79.9. The Hall–Kier alpha value is -0.0200. The molecule has 2 rings (SSSR count). The third-order valence-electron chi connectivity index (χ3n) is 4.48. The predicted octanol–water partition coefficient (Wildman–Crippen LogP) is 6.00. The van der Waals surface area contributed by atoms with Crippen molar-refractivity contribution in [1.29, 1.82) is 0 Å². The average molecular weight is 403 g/mol. The molecule has 1 aromatic carbocycles. The van der Waals surface area contributed by atoms with E-state index >= 15 is 0 Å². The standard InChI is InChI=1S/C17H25Br2N/c1-17(2,3)14-5-4-9-20(10-8-14)16-7-6-15(19)11-13(16)12-18/h6-7,11,14H,4-5,8-10,12H2,1-3H3. The molecule has 1 aliphatic rings.